The van der Waals surface area contributed by atoms with E-state index in [1.165, 1.54) is 24.4 Å². The van der Waals surface area contributed by atoms with E-state index in [9.17, 15) is 18.0 Å². The fourth-order valence-corrected chi connectivity index (χ4v) is 1.64. The Morgan fingerprint density at radius 2 is 1.90 bits per heavy atom. The van der Waals surface area contributed by atoms with Crippen molar-refractivity contribution in [3.8, 4) is 11.3 Å². The Kier molecular flexibility index (Phi) is 3.60. The number of carboxylic acids is 1. The van der Waals surface area contributed by atoms with Crippen LogP contribution in [0.25, 0.3) is 17.3 Å². The van der Waals surface area contributed by atoms with Crippen molar-refractivity contribution in [1.29, 1.82) is 0 Å². The van der Waals surface area contributed by atoms with Crippen LogP contribution in [0.5, 0.6) is 0 Å². The van der Waals surface area contributed by atoms with E-state index < -0.39 is 17.7 Å². The molecule has 0 atom stereocenters. The molecule has 0 aliphatic rings. The van der Waals surface area contributed by atoms with Crippen LogP contribution in [0.15, 0.2) is 36.5 Å². The number of hydrogen-bond donors (Lipinski definition) is 2. The Balaban J connectivity index is 2.33. The van der Waals surface area contributed by atoms with Gasteiger partial charge in [0, 0.05) is 17.2 Å². The normalized spacial score (nSPS) is 11.9. The third-order valence-corrected chi connectivity index (χ3v) is 2.58. The molecule has 0 aliphatic heterocycles. The summed E-state index contributed by atoms with van der Waals surface area (Å²) in [4.78, 5) is 10.5. The van der Waals surface area contributed by atoms with Crippen LogP contribution in [-0.4, -0.2) is 21.3 Å². The van der Waals surface area contributed by atoms with Crippen LogP contribution in [0.2, 0.25) is 0 Å². The van der Waals surface area contributed by atoms with E-state index in [4.69, 9.17) is 5.11 Å². The van der Waals surface area contributed by atoms with Crippen molar-refractivity contribution in [1.82, 2.24) is 10.2 Å². The van der Waals surface area contributed by atoms with Gasteiger partial charge in [-0.05, 0) is 18.2 Å². The number of nitrogens with zero attached hydrogens (tertiary/aromatic N) is 1. The van der Waals surface area contributed by atoms with Crippen molar-refractivity contribution in [2.75, 3.05) is 0 Å². The van der Waals surface area contributed by atoms with E-state index >= 15 is 0 Å². The van der Waals surface area contributed by atoms with Gasteiger partial charge in [0.05, 0.1) is 17.5 Å². The number of carboxylic acid groups (broad SMARTS) is 1. The van der Waals surface area contributed by atoms with Gasteiger partial charge >= 0.3 is 12.1 Å². The molecule has 0 radical (unpaired) electrons. The summed E-state index contributed by atoms with van der Waals surface area (Å²) in [5, 5.41) is 14.9. The second-order valence-electron chi connectivity index (χ2n) is 3.95. The summed E-state index contributed by atoms with van der Waals surface area (Å²) >= 11 is 0. The Morgan fingerprint density at radius 3 is 2.45 bits per heavy atom. The lowest BCUT2D eigenvalue weighted by Gasteiger charge is -2.07. The number of aromatic amines is 1. The molecule has 1 aromatic carbocycles. The van der Waals surface area contributed by atoms with Crippen molar-refractivity contribution in [3.63, 3.8) is 0 Å². The second-order valence-corrected chi connectivity index (χ2v) is 3.95. The average molecular weight is 282 g/mol. The first-order chi connectivity index (χ1) is 9.38. The van der Waals surface area contributed by atoms with Gasteiger partial charge in [0.2, 0.25) is 0 Å². The van der Waals surface area contributed by atoms with E-state index in [1.807, 2.05) is 0 Å². The first kappa shape index (κ1) is 13.9. The maximum Gasteiger partial charge on any atom is 0.416 e. The summed E-state index contributed by atoms with van der Waals surface area (Å²) in [7, 11) is 0. The molecule has 0 aliphatic carbocycles. The Labute approximate surface area is 111 Å². The highest BCUT2D eigenvalue weighted by Crippen LogP contribution is 2.31. The molecule has 20 heavy (non-hydrogen) atoms. The minimum Gasteiger partial charge on any atom is -0.478 e. The summed E-state index contributed by atoms with van der Waals surface area (Å²) in [6.45, 7) is 0. The highest BCUT2D eigenvalue weighted by molar-refractivity contribution is 5.87. The summed E-state index contributed by atoms with van der Waals surface area (Å²) in [6, 6.07) is 4.52. The SMILES string of the molecule is O=C(O)/C=C/c1cn[nH]c1-c1ccc(C(F)(F)F)cc1. The molecule has 0 saturated heterocycles. The van der Waals surface area contributed by atoms with Gasteiger partial charge in [0.1, 0.15) is 0 Å². The minimum atomic E-state index is -4.39. The molecule has 0 bridgehead atoms. The largest absolute Gasteiger partial charge is 0.478 e. The van der Waals surface area contributed by atoms with E-state index in [2.05, 4.69) is 10.2 Å². The number of nitrogens with one attached hydrogen (secondary N) is 1. The zero-order chi connectivity index (χ0) is 14.8. The molecule has 2 N–H and O–H groups in total. The quantitative estimate of drug-likeness (QED) is 0.850. The van der Waals surface area contributed by atoms with Crippen LogP contribution in [0.1, 0.15) is 11.1 Å². The number of hydrogen-bond acceptors (Lipinski definition) is 2. The van der Waals surface area contributed by atoms with E-state index in [0.29, 0.717) is 16.8 Å². The van der Waals surface area contributed by atoms with Crippen molar-refractivity contribution >= 4 is 12.0 Å². The molecule has 2 aromatic rings. The fraction of sp³-hybridized carbons (Fsp3) is 0.0769. The maximum atomic E-state index is 12.5. The van der Waals surface area contributed by atoms with Gasteiger partial charge in [0.25, 0.3) is 0 Å². The fourth-order valence-electron chi connectivity index (χ4n) is 1.64. The number of H-pyrrole nitrogens is 1. The lowest BCUT2D eigenvalue weighted by Crippen LogP contribution is -2.04. The lowest BCUT2D eigenvalue weighted by atomic mass is 10.1. The van der Waals surface area contributed by atoms with Crippen molar-refractivity contribution < 1.29 is 23.1 Å². The zero-order valence-corrected chi connectivity index (χ0v) is 9.98. The summed E-state index contributed by atoms with van der Waals surface area (Å²) in [5.74, 6) is -1.12. The predicted molar refractivity (Wildman–Crippen MR) is 65.7 cm³/mol. The van der Waals surface area contributed by atoms with Crippen LogP contribution < -0.4 is 0 Å². The molecule has 1 aromatic heterocycles. The van der Waals surface area contributed by atoms with Crippen molar-refractivity contribution in [2.24, 2.45) is 0 Å². The zero-order valence-electron chi connectivity index (χ0n) is 9.98. The molecule has 1 heterocycles. The summed E-state index contributed by atoms with van der Waals surface area (Å²) in [6.07, 6.45) is -0.748. The molecule has 7 heteroatoms. The lowest BCUT2D eigenvalue weighted by molar-refractivity contribution is -0.137. The third-order valence-electron chi connectivity index (χ3n) is 2.58. The molecule has 0 fully saturated rings. The van der Waals surface area contributed by atoms with Crippen LogP contribution in [0.3, 0.4) is 0 Å². The summed E-state index contributed by atoms with van der Waals surface area (Å²) in [5.41, 5.74) is 0.673. The van der Waals surface area contributed by atoms with Gasteiger partial charge in [-0.2, -0.15) is 18.3 Å². The average Bonchev–Trinajstić information content (AvgIpc) is 2.83. The monoisotopic (exact) mass is 282 g/mol. The second kappa shape index (κ2) is 5.20. The first-order valence-electron chi connectivity index (χ1n) is 5.50. The van der Waals surface area contributed by atoms with Gasteiger partial charge in [-0.3, -0.25) is 5.10 Å². The molecule has 2 rings (SSSR count). The van der Waals surface area contributed by atoms with Gasteiger partial charge in [-0.25, -0.2) is 4.79 Å². The Hall–Kier alpha value is -2.57. The number of halogens is 3. The number of aromatic nitrogens is 2. The number of rotatable bonds is 3. The minimum absolute atomic E-state index is 0.455. The van der Waals surface area contributed by atoms with Gasteiger partial charge < -0.3 is 5.11 Å². The molecule has 0 unspecified atom stereocenters. The number of carbonyl (C=O) groups is 1. The number of benzene rings is 1. The molecule has 0 saturated carbocycles. The van der Waals surface area contributed by atoms with E-state index in [1.54, 1.807) is 0 Å². The number of alkyl halides is 3. The highest BCUT2D eigenvalue weighted by atomic mass is 19.4. The smallest absolute Gasteiger partial charge is 0.416 e. The topological polar surface area (TPSA) is 66.0 Å². The Morgan fingerprint density at radius 1 is 1.25 bits per heavy atom. The van der Waals surface area contributed by atoms with Gasteiger partial charge in [-0.1, -0.05) is 12.1 Å². The Bertz CT molecular complexity index is 642. The molecule has 104 valence electrons. The van der Waals surface area contributed by atoms with Crippen molar-refractivity contribution in [3.05, 3.63) is 47.7 Å². The molecular formula is C13H9F3N2O2. The standard InChI is InChI=1S/C13H9F3N2O2/c14-13(15,16)10-4-1-8(2-5-10)12-9(7-17-18-12)3-6-11(19)20/h1-7H,(H,17,18)(H,19,20)/b6-3+. The van der Waals surface area contributed by atoms with Gasteiger partial charge in [0.15, 0.2) is 0 Å². The number of aliphatic carboxylic acids is 1. The van der Waals surface area contributed by atoms with Crippen LogP contribution >= 0.6 is 0 Å². The summed E-state index contributed by atoms with van der Waals surface area (Å²) < 4.78 is 37.4. The highest BCUT2D eigenvalue weighted by Gasteiger charge is 2.30. The first-order valence-corrected chi connectivity index (χ1v) is 5.50. The van der Waals surface area contributed by atoms with Crippen LogP contribution in [0.4, 0.5) is 13.2 Å². The van der Waals surface area contributed by atoms with E-state index in [0.717, 1.165) is 18.2 Å². The molecule has 0 amide bonds. The van der Waals surface area contributed by atoms with E-state index in [-0.39, 0.29) is 0 Å². The third kappa shape index (κ3) is 3.05. The van der Waals surface area contributed by atoms with Gasteiger partial charge in [-0.15, -0.1) is 0 Å². The molecular weight excluding hydrogens is 273 g/mol. The van der Waals surface area contributed by atoms with Crippen LogP contribution in [-0.2, 0) is 11.0 Å². The predicted octanol–water partition coefficient (Wildman–Crippen LogP) is 3.19. The molecule has 0 spiro atoms. The maximum absolute atomic E-state index is 12.5. The van der Waals surface area contributed by atoms with Crippen LogP contribution in [0, 0.1) is 0 Å². The molecule has 4 nitrogen and oxygen atoms in total. The van der Waals surface area contributed by atoms with Crippen molar-refractivity contribution in [2.45, 2.75) is 6.18 Å².